The molecule has 1 atom stereocenters. The Hall–Kier alpha value is -1.88. The lowest BCUT2D eigenvalue weighted by Crippen LogP contribution is -2.23. The number of hydrogen-bond donors (Lipinski definition) is 1. The standard InChI is InChI=1S/C15H22N4O/c1-4-19(5-2)15-17-14(20-18-15)11-13(16-3)12-9-7-6-8-10-12/h6-10,13,16H,4-5,11H2,1-3H3. The summed E-state index contributed by atoms with van der Waals surface area (Å²) in [6.07, 6.45) is 0.689. The van der Waals surface area contributed by atoms with E-state index in [9.17, 15) is 0 Å². The third-order valence-corrected chi connectivity index (χ3v) is 3.43. The van der Waals surface area contributed by atoms with Crippen LogP contribution in [0.25, 0.3) is 0 Å². The van der Waals surface area contributed by atoms with Gasteiger partial charge in [0.2, 0.25) is 5.89 Å². The van der Waals surface area contributed by atoms with Crippen molar-refractivity contribution in [3.63, 3.8) is 0 Å². The van der Waals surface area contributed by atoms with Crippen LogP contribution in [0.4, 0.5) is 5.95 Å². The van der Waals surface area contributed by atoms with Crippen LogP contribution in [0.5, 0.6) is 0 Å². The Labute approximate surface area is 120 Å². The molecule has 108 valence electrons. The molecule has 0 spiro atoms. The van der Waals surface area contributed by atoms with E-state index in [0.717, 1.165) is 13.1 Å². The minimum Gasteiger partial charge on any atom is -0.339 e. The number of hydrogen-bond acceptors (Lipinski definition) is 5. The van der Waals surface area contributed by atoms with Crippen molar-refractivity contribution in [2.75, 3.05) is 25.0 Å². The lowest BCUT2D eigenvalue weighted by molar-refractivity contribution is 0.362. The van der Waals surface area contributed by atoms with Crippen LogP contribution in [0.15, 0.2) is 34.9 Å². The van der Waals surface area contributed by atoms with Gasteiger partial charge in [0.15, 0.2) is 0 Å². The Morgan fingerprint density at radius 1 is 1.20 bits per heavy atom. The summed E-state index contributed by atoms with van der Waals surface area (Å²) in [7, 11) is 1.94. The second kappa shape index (κ2) is 7.05. The molecule has 20 heavy (non-hydrogen) atoms. The Kier molecular flexibility index (Phi) is 5.12. The largest absolute Gasteiger partial charge is 0.339 e. The molecule has 5 nitrogen and oxygen atoms in total. The zero-order chi connectivity index (χ0) is 14.4. The summed E-state index contributed by atoms with van der Waals surface area (Å²) >= 11 is 0. The molecule has 1 heterocycles. The van der Waals surface area contributed by atoms with E-state index in [1.807, 2.05) is 25.2 Å². The van der Waals surface area contributed by atoms with Gasteiger partial charge in [0.25, 0.3) is 5.95 Å². The number of nitrogens with zero attached hydrogens (tertiary/aromatic N) is 3. The quantitative estimate of drug-likeness (QED) is 0.840. The molecule has 0 aliphatic carbocycles. The number of nitrogens with one attached hydrogen (secondary N) is 1. The van der Waals surface area contributed by atoms with E-state index >= 15 is 0 Å². The van der Waals surface area contributed by atoms with Crippen LogP contribution in [0.3, 0.4) is 0 Å². The van der Waals surface area contributed by atoms with Crippen LogP contribution in [0, 0.1) is 0 Å². The van der Waals surface area contributed by atoms with Crippen molar-refractivity contribution >= 4 is 5.95 Å². The van der Waals surface area contributed by atoms with Crippen LogP contribution in [-0.4, -0.2) is 30.3 Å². The first-order valence-electron chi connectivity index (χ1n) is 7.08. The van der Waals surface area contributed by atoms with E-state index in [-0.39, 0.29) is 6.04 Å². The molecular formula is C15H22N4O. The fraction of sp³-hybridized carbons (Fsp3) is 0.467. The van der Waals surface area contributed by atoms with Gasteiger partial charge in [-0.3, -0.25) is 0 Å². The number of anilines is 1. The molecule has 0 saturated heterocycles. The van der Waals surface area contributed by atoms with E-state index in [1.54, 1.807) is 0 Å². The molecule has 0 amide bonds. The summed E-state index contributed by atoms with van der Waals surface area (Å²) in [6.45, 7) is 5.92. The summed E-state index contributed by atoms with van der Waals surface area (Å²) in [6, 6.07) is 10.5. The van der Waals surface area contributed by atoms with Crippen molar-refractivity contribution < 1.29 is 4.52 Å². The van der Waals surface area contributed by atoms with Crippen molar-refractivity contribution in [3.05, 3.63) is 41.8 Å². The van der Waals surface area contributed by atoms with E-state index < -0.39 is 0 Å². The van der Waals surface area contributed by atoms with Crippen LogP contribution >= 0.6 is 0 Å². The normalized spacial score (nSPS) is 12.3. The van der Waals surface area contributed by atoms with E-state index in [2.05, 4.69) is 46.3 Å². The predicted octanol–water partition coefficient (Wildman–Crippen LogP) is 2.42. The highest BCUT2D eigenvalue weighted by molar-refractivity contribution is 5.27. The molecule has 1 unspecified atom stereocenters. The van der Waals surface area contributed by atoms with Gasteiger partial charge in [-0.15, -0.1) is 0 Å². The third kappa shape index (κ3) is 3.36. The van der Waals surface area contributed by atoms with Gasteiger partial charge in [-0.25, -0.2) is 0 Å². The smallest absolute Gasteiger partial charge is 0.266 e. The summed E-state index contributed by atoms with van der Waals surface area (Å²) in [5.74, 6) is 1.34. The fourth-order valence-electron chi connectivity index (χ4n) is 2.21. The van der Waals surface area contributed by atoms with Gasteiger partial charge >= 0.3 is 0 Å². The van der Waals surface area contributed by atoms with Gasteiger partial charge in [-0.2, -0.15) is 4.98 Å². The predicted molar refractivity (Wildman–Crippen MR) is 79.8 cm³/mol. The molecule has 1 aromatic heterocycles. The molecule has 1 N–H and O–H groups in total. The SMILES string of the molecule is CCN(CC)c1noc(CC(NC)c2ccccc2)n1. The maximum absolute atomic E-state index is 5.36. The highest BCUT2D eigenvalue weighted by atomic mass is 16.5. The summed E-state index contributed by atoms with van der Waals surface area (Å²) in [5, 5.41) is 7.34. The second-order valence-electron chi connectivity index (χ2n) is 4.62. The van der Waals surface area contributed by atoms with Crippen LogP contribution in [-0.2, 0) is 6.42 Å². The molecule has 0 bridgehead atoms. The molecule has 0 aliphatic heterocycles. The Bertz CT molecular complexity index is 508. The van der Waals surface area contributed by atoms with Gasteiger partial charge in [-0.05, 0) is 31.6 Å². The molecule has 5 heteroatoms. The number of benzene rings is 1. The Balaban J connectivity index is 2.09. The molecule has 0 radical (unpaired) electrons. The average molecular weight is 274 g/mol. The Morgan fingerprint density at radius 3 is 2.50 bits per heavy atom. The van der Waals surface area contributed by atoms with Gasteiger partial charge in [-0.1, -0.05) is 30.3 Å². The number of rotatable bonds is 7. The Morgan fingerprint density at radius 2 is 1.90 bits per heavy atom. The average Bonchev–Trinajstić information content (AvgIpc) is 2.95. The van der Waals surface area contributed by atoms with Crippen molar-refractivity contribution in [2.45, 2.75) is 26.3 Å². The highest BCUT2D eigenvalue weighted by Crippen LogP contribution is 2.18. The zero-order valence-electron chi connectivity index (χ0n) is 12.3. The van der Waals surface area contributed by atoms with Gasteiger partial charge in [0.05, 0.1) is 0 Å². The lowest BCUT2D eigenvalue weighted by atomic mass is 10.0. The van der Waals surface area contributed by atoms with Crippen LogP contribution in [0.1, 0.15) is 31.3 Å². The van der Waals surface area contributed by atoms with Crippen LogP contribution in [0.2, 0.25) is 0 Å². The number of aromatic nitrogens is 2. The fourth-order valence-corrected chi connectivity index (χ4v) is 2.21. The minimum atomic E-state index is 0.182. The van der Waals surface area contributed by atoms with Crippen molar-refractivity contribution in [1.29, 1.82) is 0 Å². The van der Waals surface area contributed by atoms with Crippen LogP contribution < -0.4 is 10.2 Å². The van der Waals surface area contributed by atoms with Gasteiger partial charge in [0, 0.05) is 25.6 Å². The van der Waals surface area contributed by atoms with E-state index in [4.69, 9.17) is 4.52 Å². The lowest BCUT2D eigenvalue weighted by Gasteiger charge is -2.15. The maximum Gasteiger partial charge on any atom is 0.266 e. The molecule has 0 saturated carbocycles. The topological polar surface area (TPSA) is 54.2 Å². The van der Waals surface area contributed by atoms with Crippen molar-refractivity contribution in [1.82, 2.24) is 15.5 Å². The van der Waals surface area contributed by atoms with Crippen molar-refractivity contribution in [2.24, 2.45) is 0 Å². The molecule has 1 aromatic carbocycles. The number of likely N-dealkylation sites (N-methyl/N-ethyl adjacent to an activating group) is 1. The first-order chi connectivity index (χ1) is 9.78. The van der Waals surface area contributed by atoms with E-state index in [1.165, 1.54) is 5.56 Å². The van der Waals surface area contributed by atoms with Gasteiger partial charge < -0.3 is 14.7 Å². The second-order valence-corrected chi connectivity index (χ2v) is 4.62. The minimum absolute atomic E-state index is 0.182. The van der Waals surface area contributed by atoms with Gasteiger partial charge in [0.1, 0.15) is 0 Å². The summed E-state index contributed by atoms with van der Waals surface area (Å²) in [5.41, 5.74) is 1.22. The molecule has 0 fully saturated rings. The third-order valence-electron chi connectivity index (χ3n) is 3.43. The molecule has 2 rings (SSSR count). The first-order valence-corrected chi connectivity index (χ1v) is 7.08. The van der Waals surface area contributed by atoms with Crippen molar-refractivity contribution in [3.8, 4) is 0 Å². The zero-order valence-corrected chi connectivity index (χ0v) is 12.3. The highest BCUT2D eigenvalue weighted by Gasteiger charge is 2.16. The first kappa shape index (κ1) is 14.5. The summed E-state index contributed by atoms with van der Waals surface area (Å²) < 4.78 is 5.36. The summed E-state index contributed by atoms with van der Waals surface area (Å²) in [4.78, 5) is 6.55. The maximum atomic E-state index is 5.36. The molecular weight excluding hydrogens is 252 g/mol. The van der Waals surface area contributed by atoms with E-state index in [0.29, 0.717) is 18.3 Å². The molecule has 2 aromatic rings. The monoisotopic (exact) mass is 274 g/mol. The molecule has 0 aliphatic rings.